The van der Waals surface area contributed by atoms with E-state index in [4.69, 9.17) is 15.0 Å². The summed E-state index contributed by atoms with van der Waals surface area (Å²) in [6, 6.07) is 52.8. The van der Waals surface area contributed by atoms with E-state index in [0.717, 1.165) is 44.0 Å². The molecule has 8 aromatic rings. The first kappa shape index (κ1) is 24.2. The van der Waals surface area contributed by atoms with Crippen molar-refractivity contribution >= 4 is 32.3 Å². The molecule has 0 spiro atoms. The lowest BCUT2D eigenvalue weighted by atomic mass is 9.93. The third kappa shape index (κ3) is 4.20. The van der Waals surface area contributed by atoms with Gasteiger partial charge < -0.3 is 0 Å². The van der Waals surface area contributed by atoms with Crippen LogP contribution < -0.4 is 0 Å². The normalized spacial score (nSPS) is 11.3. The first-order chi connectivity index (χ1) is 20.8. The highest BCUT2D eigenvalue weighted by Gasteiger charge is 2.18. The van der Waals surface area contributed by atoms with Crippen LogP contribution in [0.15, 0.2) is 152 Å². The lowest BCUT2D eigenvalue weighted by Gasteiger charge is -2.15. The zero-order chi connectivity index (χ0) is 27.9. The van der Waals surface area contributed by atoms with Crippen LogP contribution in [0.1, 0.15) is 0 Å². The van der Waals surface area contributed by atoms with Gasteiger partial charge in [-0.2, -0.15) is 0 Å². The molecule has 0 atom stereocenters. The van der Waals surface area contributed by atoms with Gasteiger partial charge in [0.05, 0.1) is 0 Å². The lowest BCUT2D eigenvalue weighted by molar-refractivity contribution is 1.08. The summed E-state index contributed by atoms with van der Waals surface area (Å²) in [5.74, 6) is 1.97. The Morgan fingerprint density at radius 3 is 1.64 bits per heavy atom. The molecular formula is C39H25N3. The first-order valence-corrected chi connectivity index (χ1v) is 14.1. The molecule has 3 heteroatoms. The maximum atomic E-state index is 5.19. The van der Waals surface area contributed by atoms with Gasteiger partial charge in [0.25, 0.3) is 0 Å². The van der Waals surface area contributed by atoms with Crippen molar-refractivity contribution in [2.45, 2.75) is 0 Å². The Kier molecular flexibility index (Phi) is 5.79. The lowest BCUT2D eigenvalue weighted by Crippen LogP contribution is -2.01. The van der Waals surface area contributed by atoms with E-state index in [1.807, 2.05) is 24.3 Å². The van der Waals surface area contributed by atoms with E-state index in [1.165, 1.54) is 16.2 Å². The van der Waals surface area contributed by atoms with E-state index in [2.05, 4.69) is 127 Å². The average Bonchev–Trinajstić information content (AvgIpc) is 3.08. The predicted molar refractivity (Wildman–Crippen MR) is 174 cm³/mol. The standard InChI is InChI=1S/C39H25N3/c1-3-12-26(13-4-1)29-18-11-19-31(24-29)38-40-37(28-15-5-2-6-16-28)41-39(42-38)36-33-21-10-8-17-30(33)25-35-32-20-9-7-14-27(32)22-23-34(35)36/h1-25H. The molecule has 0 amide bonds. The summed E-state index contributed by atoms with van der Waals surface area (Å²) in [7, 11) is 0. The Bertz CT molecular complexity index is 2240. The largest absolute Gasteiger partial charge is 0.208 e. The third-order valence-corrected chi connectivity index (χ3v) is 7.89. The summed E-state index contributed by atoms with van der Waals surface area (Å²) in [6.07, 6.45) is 0. The number of nitrogens with zero attached hydrogens (tertiary/aromatic N) is 3. The number of benzene rings is 7. The van der Waals surface area contributed by atoms with Crippen LogP contribution in [-0.4, -0.2) is 15.0 Å². The van der Waals surface area contributed by atoms with Gasteiger partial charge in [0, 0.05) is 16.7 Å². The van der Waals surface area contributed by atoms with Gasteiger partial charge in [-0.15, -0.1) is 0 Å². The predicted octanol–water partition coefficient (Wildman–Crippen LogP) is 10.00. The summed E-state index contributed by atoms with van der Waals surface area (Å²) >= 11 is 0. The van der Waals surface area contributed by atoms with Crippen molar-refractivity contribution in [1.29, 1.82) is 0 Å². The highest BCUT2D eigenvalue weighted by atomic mass is 15.0. The van der Waals surface area contributed by atoms with Gasteiger partial charge in [-0.25, -0.2) is 15.0 Å². The van der Waals surface area contributed by atoms with Crippen LogP contribution in [0.4, 0.5) is 0 Å². The molecule has 0 aliphatic carbocycles. The number of aromatic nitrogens is 3. The zero-order valence-electron chi connectivity index (χ0n) is 22.8. The molecule has 1 aromatic heterocycles. The van der Waals surface area contributed by atoms with E-state index < -0.39 is 0 Å². The summed E-state index contributed by atoms with van der Waals surface area (Å²) in [6.45, 7) is 0. The smallest absolute Gasteiger partial charge is 0.165 e. The van der Waals surface area contributed by atoms with Crippen molar-refractivity contribution in [2.75, 3.05) is 0 Å². The minimum absolute atomic E-state index is 0.651. The van der Waals surface area contributed by atoms with E-state index in [9.17, 15) is 0 Å². The summed E-state index contributed by atoms with van der Waals surface area (Å²) in [5.41, 5.74) is 5.21. The van der Waals surface area contributed by atoms with Gasteiger partial charge in [-0.3, -0.25) is 0 Å². The number of fused-ring (bicyclic) bond motifs is 4. The monoisotopic (exact) mass is 535 g/mol. The Morgan fingerprint density at radius 2 is 0.857 bits per heavy atom. The van der Waals surface area contributed by atoms with Crippen LogP contribution in [0.3, 0.4) is 0 Å². The molecule has 0 saturated carbocycles. The fourth-order valence-electron chi connectivity index (χ4n) is 5.86. The zero-order valence-corrected chi connectivity index (χ0v) is 22.8. The fraction of sp³-hybridized carbons (Fsp3) is 0. The number of hydrogen-bond donors (Lipinski definition) is 0. The second-order valence-electron chi connectivity index (χ2n) is 10.5. The van der Waals surface area contributed by atoms with Gasteiger partial charge in [-0.05, 0) is 55.6 Å². The van der Waals surface area contributed by atoms with E-state index in [-0.39, 0.29) is 0 Å². The van der Waals surface area contributed by atoms with Crippen LogP contribution >= 0.6 is 0 Å². The quantitative estimate of drug-likeness (QED) is 0.166. The Hall–Kier alpha value is -5.67. The third-order valence-electron chi connectivity index (χ3n) is 7.89. The fourth-order valence-corrected chi connectivity index (χ4v) is 5.86. The molecule has 7 aromatic carbocycles. The minimum Gasteiger partial charge on any atom is -0.208 e. The van der Waals surface area contributed by atoms with Crippen LogP contribution in [0.2, 0.25) is 0 Å². The molecule has 196 valence electrons. The molecule has 8 rings (SSSR count). The topological polar surface area (TPSA) is 38.7 Å². The molecule has 0 saturated heterocycles. The van der Waals surface area contributed by atoms with Crippen molar-refractivity contribution in [3.05, 3.63) is 152 Å². The highest BCUT2D eigenvalue weighted by molar-refractivity contribution is 6.19. The van der Waals surface area contributed by atoms with Crippen molar-refractivity contribution in [2.24, 2.45) is 0 Å². The second-order valence-corrected chi connectivity index (χ2v) is 10.5. The van der Waals surface area contributed by atoms with E-state index in [1.54, 1.807) is 0 Å². The molecule has 0 unspecified atom stereocenters. The van der Waals surface area contributed by atoms with Crippen LogP contribution in [-0.2, 0) is 0 Å². The van der Waals surface area contributed by atoms with Crippen molar-refractivity contribution < 1.29 is 0 Å². The maximum absolute atomic E-state index is 5.19. The Morgan fingerprint density at radius 1 is 0.286 bits per heavy atom. The van der Waals surface area contributed by atoms with Crippen molar-refractivity contribution in [3.8, 4) is 45.3 Å². The molecule has 0 aliphatic rings. The molecular weight excluding hydrogens is 510 g/mol. The summed E-state index contributed by atoms with van der Waals surface area (Å²) in [4.78, 5) is 15.4. The Labute approximate surface area is 243 Å². The minimum atomic E-state index is 0.651. The molecule has 42 heavy (non-hydrogen) atoms. The molecule has 3 nitrogen and oxygen atoms in total. The molecule has 0 N–H and O–H groups in total. The molecule has 0 fully saturated rings. The molecule has 0 bridgehead atoms. The van der Waals surface area contributed by atoms with Gasteiger partial charge in [-0.1, -0.05) is 140 Å². The van der Waals surface area contributed by atoms with Crippen LogP contribution in [0.5, 0.6) is 0 Å². The van der Waals surface area contributed by atoms with Gasteiger partial charge in [0.2, 0.25) is 0 Å². The van der Waals surface area contributed by atoms with Gasteiger partial charge >= 0.3 is 0 Å². The van der Waals surface area contributed by atoms with Crippen molar-refractivity contribution in [1.82, 2.24) is 15.0 Å². The number of rotatable bonds is 4. The van der Waals surface area contributed by atoms with Crippen LogP contribution in [0, 0.1) is 0 Å². The summed E-state index contributed by atoms with van der Waals surface area (Å²) < 4.78 is 0. The van der Waals surface area contributed by atoms with Gasteiger partial charge in [0.1, 0.15) is 0 Å². The second kappa shape index (κ2) is 10.1. The van der Waals surface area contributed by atoms with E-state index >= 15 is 0 Å². The molecule has 0 radical (unpaired) electrons. The maximum Gasteiger partial charge on any atom is 0.165 e. The van der Waals surface area contributed by atoms with Crippen molar-refractivity contribution in [3.63, 3.8) is 0 Å². The Balaban J connectivity index is 1.43. The molecule has 1 heterocycles. The molecule has 0 aliphatic heterocycles. The first-order valence-electron chi connectivity index (χ1n) is 14.1. The SMILES string of the molecule is c1ccc(-c2cccc(-c3nc(-c4ccccc4)nc(-c4c5ccccc5cc5c4ccc4ccccc45)n3)c2)cc1. The van der Waals surface area contributed by atoms with E-state index in [0.29, 0.717) is 17.5 Å². The average molecular weight is 536 g/mol. The highest BCUT2D eigenvalue weighted by Crippen LogP contribution is 2.39. The van der Waals surface area contributed by atoms with Crippen LogP contribution in [0.25, 0.3) is 77.6 Å². The summed E-state index contributed by atoms with van der Waals surface area (Å²) in [5, 5.41) is 7.03. The number of hydrogen-bond acceptors (Lipinski definition) is 3. The van der Waals surface area contributed by atoms with Gasteiger partial charge in [0.15, 0.2) is 17.5 Å².